The summed E-state index contributed by atoms with van der Waals surface area (Å²) in [6, 6.07) is 6.54. The van der Waals surface area contributed by atoms with Gasteiger partial charge in [0.05, 0.1) is 16.7 Å². The molecule has 0 radical (unpaired) electrons. The predicted molar refractivity (Wildman–Crippen MR) is 89.0 cm³/mol. The average Bonchev–Trinajstić information content (AvgIpc) is 3.06. The van der Waals surface area contributed by atoms with Crippen LogP contribution in [0.25, 0.3) is 10.9 Å². The third-order valence-electron chi connectivity index (χ3n) is 5.28. The van der Waals surface area contributed by atoms with Crippen LogP contribution in [0.5, 0.6) is 0 Å². The number of aromatic nitrogens is 2. The second-order valence-electron chi connectivity index (χ2n) is 7.54. The van der Waals surface area contributed by atoms with Gasteiger partial charge in [0.15, 0.2) is 0 Å². The molecule has 2 fully saturated rings. The monoisotopic (exact) mass is 364 g/mol. The number of para-hydroxylation sites is 1. The highest BCUT2D eigenvalue weighted by Gasteiger charge is 2.57. The molecule has 26 heavy (non-hydrogen) atoms. The SMILES string of the molecule is CC(C)(NC(=O)C1[C@H]2CNC[C@@H]12)c1nc(C(F)(F)F)nc2ccccc12. The lowest BCUT2D eigenvalue weighted by molar-refractivity contribution is -0.144. The topological polar surface area (TPSA) is 66.9 Å². The van der Waals surface area contributed by atoms with Crippen molar-refractivity contribution in [3.8, 4) is 0 Å². The normalized spacial score (nSPS) is 25.2. The summed E-state index contributed by atoms with van der Waals surface area (Å²) in [6.45, 7) is 4.99. The predicted octanol–water partition coefficient (Wildman–Crippen LogP) is 2.47. The zero-order valence-electron chi connectivity index (χ0n) is 14.4. The van der Waals surface area contributed by atoms with E-state index in [0.717, 1.165) is 13.1 Å². The minimum absolute atomic E-state index is 0.0642. The molecule has 1 saturated heterocycles. The number of benzene rings is 1. The number of piperidine rings is 1. The Hall–Kier alpha value is -2.22. The molecule has 138 valence electrons. The van der Waals surface area contributed by atoms with Gasteiger partial charge >= 0.3 is 6.18 Å². The smallest absolute Gasteiger partial charge is 0.345 e. The lowest BCUT2D eigenvalue weighted by Gasteiger charge is -2.28. The number of hydrogen-bond donors (Lipinski definition) is 2. The third kappa shape index (κ3) is 2.82. The number of nitrogens with zero attached hydrogens (tertiary/aromatic N) is 2. The highest BCUT2D eigenvalue weighted by molar-refractivity contribution is 5.86. The lowest BCUT2D eigenvalue weighted by atomic mass is 9.95. The van der Waals surface area contributed by atoms with Crippen LogP contribution in [0.3, 0.4) is 0 Å². The number of fused-ring (bicyclic) bond motifs is 2. The Kier molecular flexibility index (Phi) is 3.73. The van der Waals surface area contributed by atoms with Crippen molar-refractivity contribution in [1.29, 1.82) is 0 Å². The first-order valence-corrected chi connectivity index (χ1v) is 8.56. The molecule has 0 spiro atoms. The van der Waals surface area contributed by atoms with Gasteiger partial charge in [-0.15, -0.1) is 0 Å². The van der Waals surface area contributed by atoms with E-state index in [1.165, 1.54) is 6.07 Å². The summed E-state index contributed by atoms with van der Waals surface area (Å²) in [5.74, 6) is -0.716. The van der Waals surface area contributed by atoms with Crippen LogP contribution in [-0.4, -0.2) is 29.0 Å². The van der Waals surface area contributed by atoms with E-state index in [-0.39, 0.29) is 23.0 Å². The molecule has 3 atom stereocenters. The van der Waals surface area contributed by atoms with Crippen LogP contribution in [0, 0.1) is 17.8 Å². The van der Waals surface area contributed by atoms with Gasteiger partial charge in [-0.1, -0.05) is 18.2 Å². The number of halogens is 3. The summed E-state index contributed by atoms with van der Waals surface area (Å²) in [5.41, 5.74) is -0.670. The van der Waals surface area contributed by atoms with Crippen LogP contribution in [0.15, 0.2) is 24.3 Å². The number of hydrogen-bond acceptors (Lipinski definition) is 4. The van der Waals surface area contributed by atoms with Crippen LogP contribution >= 0.6 is 0 Å². The van der Waals surface area contributed by atoms with Crippen molar-refractivity contribution in [2.24, 2.45) is 17.8 Å². The van der Waals surface area contributed by atoms with Crippen LogP contribution < -0.4 is 10.6 Å². The molecule has 2 heterocycles. The fraction of sp³-hybridized carbons (Fsp3) is 0.500. The lowest BCUT2D eigenvalue weighted by Crippen LogP contribution is -2.44. The molecule has 1 aliphatic heterocycles. The van der Waals surface area contributed by atoms with Crippen molar-refractivity contribution < 1.29 is 18.0 Å². The highest BCUT2D eigenvalue weighted by Crippen LogP contribution is 2.49. The molecule has 1 aromatic carbocycles. The van der Waals surface area contributed by atoms with E-state index in [4.69, 9.17) is 0 Å². The number of nitrogens with one attached hydrogen (secondary N) is 2. The van der Waals surface area contributed by atoms with E-state index in [0.29, 0.717) is 17.2 Å². The van der Waals surface area contributed by atoms with Crippen molar-refractivity contribution in [2.75, 3.05) is 13.1 Å². The molecule has 1 unspecified atom stereocenters. The molecule has 2 N–H and O–H groups in total. The number of carbonyl (C=O) groups is 1. The van der Waals surface area contributed by atoms with E-state index in [9.17, 15) is 18.0 Å². The number of carbonyl (C=O) groups excluding carboxylic acids is 1. The zero-order chi connectivity index (χ0) is 18.7. The molecule has 1 saturated carbocycles. The Balaban J connectivity index is 1.70. The van der Waals surface area contributed by atoms with Gasteiger partial charge in [-0.05, 0) is 44.8 Å². The maximum Gasteiger partial charge on any atom is 0.451 e. The highest BCUT2D eigenvalue weighted by atomic mass is 19.4. The first kappa shape index (κ1) is 17.2. The molecule has 2 aliphatic rings. The first-order valence-electron chi connectivity index (χ1n) is 8.56. The van der Waals surface area contributed by atoms with Gasteiger partial charge in [0.25, 0.3) is 0 Å². The number of rotatable bonds is 3. The van der Waals surface area contributed by atoms with Crippen molar-refractivity contribution in [1.82, 2.24) is 20.6 Å². The molecule has 4 rings (SSSR count). The summed E-state index contributed by atoms with van der Waals surface area (Å²) in [4.78, 5) is 20.0. The van der Waals surface area contributed by atoms with Crippen LogP contribution in [0.2, 0.25) is 0 Å². The fourth-order valence-corrected chi connectivity index (χ4v) is 3.94. The second-order valence-corrected chi connectivity index (χ2v) is 7.54. The number of alkyl halides is 3. The van der Waals surface area contributed by atoms with Crippen LogP contribution in [0.1, 0.15) is 25.4 Å². The van der Waals surface area contributed by atoms with Gasteiger partial charge in [0, 0.05) is 11.3 Å². The standard InChI is InChI=1S/C18H19F3N4O/c1-17(2,25-15(26)13-10-7-22-8-11(10)13)14-9-5-3-4-6-12(9)23-16(24-14)18(19,20)21/h3-6,10-11,13,22H,7-8H2,1-2H3,(H,25,26)/t10-,11+,13?. The van der Waals surface area contributed by atoms with Gasteiger partial charge in [0.2, 0.25) is 11.7 Å². The van der Waals surface area contributed by atoms with E-state index in [1.807, 2.05) is 0 Å². The minimum Gasteiger partial charge on any atom is -0.345 e. The average molecular weight is 364 g/mol. The first-order chi connectivity index (χ1) is 12.2. The van der Waals surface area contributed by atoms with E-state index >= 15 is 0 Å². The van der Waals surface area contributed by atoms with Gasteiger partial charge in [-0.2, -0.15) is 13.2 Å². The Morgan fingerprint density at radius 2 is 1.81 bits per heavy atom. The second kappa shape index (κ2) is 5.64. The Morgan fingerprint density at radius 3 is 2.46 bits per heavy atom. The molecule has 2 aromatic rings. The maximum absolute atomic E-state index is 13.2. The third-order valence-corrected chi connectivity index (χ3v) is 5.28. The van der Waals surface area contributed by atoms with Crippen LogP contribution in [-0.2, 0) is 16.5 Å². The minimum atomic E-state index is -4.65. The van der Waals surface area contributed by atoms with Gasteiger partial charge < -0.3 is 10.6 Å². The molecular formula is C18H19F3N4O. The Labute approximate surface area is 148 Å². The molecular weight excluding hydrogens is 345 g/mol. The van der Waals surface area contributed by atoms with Gasteiger partial charge in [-0.25, -0.2) is 9.97 Å². The van der Waals surface area contributed by atoms with Crippen molar-refractivity contribution >= 4 is 16.8 Å². The van der Waals surface area contributed by atoms with E-state index < -0.39 is 17.5 Å². The molecule has 5 nitrogen and oxygen atoms in total. The number of amides is 1. The largest absolute Gasteiger partial charge is 0.451 e. The summed E-state index contributed by atoms with van der Waals surface area (Å²) >= 11 is 0. The molecule has 8 heteroatoms. The summed E-state index contributed by atoms with van der Waals surface area (Å²) in [6.07, 6.45) is -4.65. The molecule has 1 aromatic heterocycles. The molecule has 0 bridgehead atoms. The zero-order valence-corrected chi connectivity index (χ0v) is 14.4. The quantitative estimate of drug-likeness (QED) is 0.878. The fourth-order valence-electron chi connectivity index (χ4n) is 3.94. The van der Waals surface area contributed by atoms with Crippen LogP contribution in [0.4, 0.5) is 13.2 Å². The molecule has 1 amide bonds. The summed E-state index contributed by atoms with van der Waals surface area (Å²) < 4.78 is 39.7. The van der Waals surface area contributed by atoms with E-state index in [1.54, 1.807) is 32.0 Å². The van der Waals surface area contributed by atoms with Crippen molar-refractivity contribution in [3.63, 3.8) is 0 Å². The van der Waals surface area contributed by atoms with Gasteiger partial charge in [0.1, 0.15) is 0 Å². The van der Waals surface area contributed by atoms with Crippen molar-refractivity contribution in [2.45, 2.75) is 25.6 Å². The Bertz CT molecular complexity index is 870. The summed E-state index contributed by atoms with van der Waals surface area (Å²) in [5, 5.41) is 6.64. The van der Waals surface area contributed by atoms with Crippen molar-refractivity contribution in [3.05, 3.63) is 35.8 Å². The Morgan fingerprint density at radius 1 is 1.15 bits per heavy atom. The summed E-state index contributed by atoms with van der Waals surface area (Å²) in [7, 11) is 0. The van der Waals surface area contributed by atoms with Gasteiger partial charge in [-0.3, -0.25) is 4.79 Å². The maximum atomic E-state index is 13.2. The van der Waals surface area contributed by atoms with E-state index in [2.05, 4.69) is 20.6 Å². The molecule has 1 aliphatic carbocycles.